The van der Waals surface area contributed by atoms with Crippen LogP contribution in [0.2, 0.25) is 0 Å². The molecule has 0 spiro atoms. The second-order valence-electron chi connectivity index (χ2n) is 9.34. The largest absolute Gasteiger partial charge is 0.462 e. The van der Waals surface area contributed by atoms with Crippen LogP contribution in [-0.2, 0) is 22.4 Å². The molecule has 31 heavy (non-hydrogen) atoms. The second-order valence-corrected chi connectivity index (χ2v) is 9.34. The van der Waals surface area contributed by atoms with Crippen LogP contribution in [-0.4, -0.2) is 17.6 Å². The van der Waals surface area contributed by atoms with Gasteiger partial charge in [-0.05, 0) is 61.3 Å². The van der Waals surface area contributed by atoms with Crippen molar-refractivity contribution in [1.82, 2.24) is 4.98 Å². The number of carbonyl (C=O) groups is 1. The SMILES string of the molecule is CCCOC(=O)C1=C(C)Nc2nc3c(c(N)c2C1c1cccc(F)c1)CC(C)(C)CC3. The summed E-state index contributed by atoms with van der Waals surface area (Å²) in [5.74, 6) is -0.666. The lowest BCUT2D eigenvalue weighted by molar-refractivity contribution is -0.139. The van der Waals surface area contributed by atoms with Gasteiger partial charge in [-0.3, -0.25) is 0 Å². The predicted octanol–water partition coefficient (Wildman–Crippen LogP) is 5.10. The van der Waals surface area contributed by atoms with E-state index in [1.54, 1.807) is 6.07 Å². The fourth-order valence-corrected chi connectivity index (χ4v) is 4.69. The van der Waals surface area contributed by atoms with Crippen molar-refractivity contribution in [2.45, 2.75) is 59.3 Å². The Bertz CT molecular complexity index is 1070. The van der Waals surface area contributed by atoms with Crippen molar-refractivity contribution < 1.29 is 13.9 Å². The summed E-state index contributed by atoms with van der Waals surface area (Å²) >= 11 is 0. The number of ether oxygens (including phenoxy) is 1. The first-order valence-electron chi connectivity index (χ1n) is 10.9. The first-order chi connectivity index (χ1) is 14.7. The summed E-state index contributed by atoms with van der Waals surface area (Å²) in [5.41, 5.74) is 12.1. The van der Waals surface area contributed by atoms with E-state index in [0.717, 1.165) is 42.5 Å². The molecule has 1 aliphatic heterocycles. The third-order valence-electron chi connectivity index (χ3n) is 6.29. The maximum absolute atomic E-state index is 14.2. The van der Waals surface area contributed by atoms with Crippen LogP contribution < -0.4 is 11.1 Å². The van der Waals surface area contributed by atoms with Gasteiger partial charge in [-0.2, -0.15) is 0 Å². The molecule has 2 aliphatic rings. The molecule has 3 N–H and O–H groups in total. The average molecular weight is 424 g/mol. The number of nitrogen functional groups attached to an aromatic ring is 1. The van der Waals surface area contributed by atoms with Crippen LogP contribution in [0, 0.1) is 11.2 Å². The van der Waals surface area contributed by atoms with Gasteiger partial charge >= 0.3 is 5.97 Å². The number of nitrogens with two attached hydrogens (primary N) is 1. The monoisotopic (exact) mass is 423 g/mol. The summed E-state index contributed by atoms with van der Waals surface area (Å²) in [5, 5.41) is 3.29. The standard InChI is InChI=1S/C25H30FN3O2/c1-5-11-31-24(30)19-14(2)28-23-21(20(19)15-7-6-8-16(26)12-15)22(27)17-13-25(3,4)10-9-18(17)29-23/h6-8,12,20H,5,9-11,13H2,1-4H3,(H3,27,28,29). The fourth-order valence-electron chi connectivity index (χ4n) is 4.69. The zero-order valence-corrected chi connectivity index (χ0v) is 18.6. The smallest absolute Gasteiger partial charge is 0.336 e. The molecule has 0 radical (unpaired) electrons. The molecular formula is C25H30FN3O2. The summed E-state index contributed by atoms with van der Waals surface area (Å²) in [4.78, 5) is 18.0. The average Bonchev–Trinajstić information content (AvgIpc) is 2.71. The van der Waals surface area contributed by atoms with Crippen LogP contribution in [0.3, 0.4) is 0 Å². The number of hydrogen-bond donors (Lipinski definition) is 2. The number of carbonyl (C=O) groups excluding carboxylic acids is 1. The van der Waals surface area contributed by atoms with E-state index in [1.165, 1.54) is 12.1 Å². The molecular weight excluding hydrogens is 393 g/mol. The quantitative estimate of drug-likeness (QED) is 0.669. The van der Waals surface area contributed by atoms with E-state index in [2.05, 4.69) is 19.2 Å². The highest BCUT2D eigenvalue weighted by Crippen LogP contribution is 2.48. The van der Waals surface area contributed by atoms with Crippen LogP contribution >= 0.6 is 0 Å². The van der Waals surface area contributed by atoms with Crippen molar-refractivity contribution in [3.8, 4) is 0 Å². The number of esters is 1. The van der Waals surface area contributed by atoms with Crippen LogP contribution in [0.25, 0.3) is 0 Å². The highest BCUT2D eigenvalue weighted by atomic mass is 19.1. The number of aryl methyl sites for hydroxylation is 1. The molecule has 1 aliphatic carbocycles. The summed E-state index contributed by atoms with van der Waals surface area (Å²) in [6.07, 6.45) is 3.45. The van der Waals surface area contributed by atoms with Gasteiger partial charge < -0.3 is 15.8 Å². The van der Waals surface area contributed by atoms with Gasteiger partial charge in [0.15, 0.2) is 0 Å². The molecule has 4 rings (SSSR count). The number of nitrogens with zero attached hydrogens (tertiary/aromatic N) is 1. The Balaban J connectivity index is 1.93. The van der Waals surface area contributed by atoms with Gasteiger partial charge in [0.05, 0.1) is 12.2 Å². The van der Waals surface area contributed by atoms with Crippen LogP contribution in [0.5, 0.6) is 0 Å². The summed E-state index contributed by atoms with van der Waals surface area (Å²) < 4.78 is 19.7. The van der Waals surface area contributed by atoms with Gasteiger partial charge in [0.1, 0.15) is 11.6 Å². The van der Waals surface area contributed by atoms with Gasteiger partial charge in [0, 0.05) is 28.6 Å². The zero-order valence-electron chi connectivity index (χ0n) is 18.6. The number of halogens is 1. The van der Waals surface area contributed by atoms with Crippen molar-refractivity contribution in [3.05, 3.63) is 63.7 Å². The highest BCUT2D eigenvalue weighted by molar-refractivity contribution is 5.95. The molecule has 1 aromatic heterocycles. The Labute approximate surface area is 182 Å². The number of nitrogens with one attached hydrogen (secondary N) is 1. The normalized spacial score (nSPS) is 19.3. The molecule has 1 atom stereocenters. The maximum atomic E-state index is 14.2. The molecule has 0 saturated carbocycles. The van der Waals surface area contributed by atoms with Crippen LogP contribution in [0.1, 0.15) is 68.8 Å². The van der Waals surface area contributed by atoms with E-state index in [-0.39, 0.29) is 11.2 Å². The number of fused-ring (bicyclic) bond motifs is 2. The van der Waals surface area contributed by atoms with Crippen molar-refractivity contribution in [3.63, 3.8) is 0 Å². The van der Waals surface area contributed by atoms with E-state index >= 15 is 0 Å². The highest BCUT2D eigenvalue weighted by Gasteiger charge is 2.38. The Morgan fingerprint density at radius 2 is 2.16 bits per heavy atom. The van der Waals surface area contributed by atoms with Gasteiger partial charge in [-0.25, -0.2) is 14.2 Å². The molecule has 0 fully saturated rings. The molecule has 6 heteroatoms. The zero-order chi connectivity index (χ0) is 22.3. The summed E-state index contributed by atoms with van der Waals surface area (Å²) in [6, 6.07) is 6.34. The minimum atomic E-state index is -0.542. The number of benzene rings is 1. The number of pyridine rings is 1. The van der Waals surface area contributed by atoms with E-state index in [4.69, 9.17) is 15.5 Å². The molecule has 2 aromatic rings. The van der Waals surface area contributed by atoms with E-state index in [0.29, 0.717) is 34.9 Å². The minimum Gasteiger partial charge on any atom is -0.462 e. The summed E-state index contributed by atoms with van der Waals surface area (Å²) in [7, 11) is 0. The van der Waals surface area contributed by atoms with Crippen molar-refractivity contribution in [1.29, 1.82) is 0 Å². The number of aromatic nitrogens is 1. The third kappa shape index (κ3) is 3.91. The fraction of sp³-hybridized carbons (Fsp3) is 0.440. The predicted molar refractivity (Wildman–Crippen MR) is 120 cm³/mol. The third-order valence-corrected chi connectivity index (χ3v) is 6.29. The number of anilines is 2. The first-order valence-corrected chi connectivity index (χ1v) is 10.9. The topological polar surface area (TPSA) is 77.2 Å². The molecule has 2 heterocycles. The van der Waals surface area contributed by atoms with Crippen molar-refractivity contribution in [2.24, 2.45) is 5.41 Å². The van der Waals surface area contributed by atoms with Gasteiger partial charge in [-0.15, -0.1) is 0 Å². The lowest BCUT2D eigenvalue weighted by atomic mass is 9.73. The molecule has 0 saturated heterocycles. The molecule has 0 bridgehead atoms. The lowest BCUT2D eigenvalue weighted by Crippen LogP contribution is -2.30. The van der Waals surface area contributed by atoms with Gasteiger partial charge in [0.2, 0.25) is 0 Å². The Morgan fingerprint density at radius 1 is 1.39 bits per heavy atom. The minimum absolute atomic E-state index is 0.127. The van der Waals surface area contributed by atoms with E-state index < -0.39 is 11.9 Å². The Kier molecular flexibility index (Phi) is 5.50. The molecule has 1 aromatic carbocycles. The number of allylic oxidation sites excluding steroid dienone is 1. The van der Waals surface area contributed by atoms with Gasteiger partial charge in [0.25, 0.3) is 0 Å². The second kappa shape index (κ2) is 7.98. The van der Waals surface area contributed by atoms with Crippen molar-refractivity contribution in [2.75, 3.05) is 17.7 Å². The van der Waals surface area contributed by atoms with E-state index in [9.17, 15) is 9.18 Å². The molecule has 5 nitrogen and oxygen atoms in total. The number of hydrogen-bond acceptors (Lipinski definition) is 5. The number of rotatable bonds is 4. The molecule has 164 valence electrons. The Morgan fingerprint density at radius 3 is 2.87 bits per heavy atom. The first kappa shape index (κ1) is 21.3. The Hall–Kier alpha value is -2.89. The lowest BCUT2D eigenvalue weighted by Gasteiger charge is -2.36. The van der Waals surface area contributed by atoms with Gasteiger partial charge in [-0.1, -0.05) is 32.9 Å². The maximum Gasteiger partial charge on any atom is 0.336 e. The van der Waals surface area contributed by atoms with E-state index in [1.807, 2.05) is 19.9 Å². The molecule has 1 unspecified atom stereocenters. The van der Waals surface area contributed by atoms with Crippen LogP contribution in [0.15, 0.2) is 35.5 Å². The molecule has 0 amide bonds. The van der Waals surface area contributed by atoms with Crippen LogP contribution in [0.4, 0.5) is 15.9 Å². The van der Waals surface area contributed by atoms with Crippen molar-refractivity contribution >= 4 is 17.5 Å². The summed E-state index contributed by atoms with van der Waals surface area (Å²) in [6.45, 7) is 8.56.